The number of hydrogen-bond donors (Lipinski definition) is 1. The topological polar surface area (TPSA) is 96.0 Å². The second-order valence-corrected chi connectivity index (χ2v) is 12.2. The van der Waals surface area contributed by atoms with Crippen LogP contribution in [0.2, 0.25) is 10.0 Å². The summed E-state index contributed by atoms with van der Waals surface area (Å²) < 4.78 is 34.4. The van der Waals surface area contributed by atoms with E-state index < -0.39 is 28.5 Å². The first-order valence-electron chi connectivity index (χ1n) is 13.2. The fourth-order valence-corrected chi connectivity index (χ4v) is 6.10. The Hall–Kier alpha value is -3.27. The number of carbonyl (C=O) groups is 2. The molecule has 0 bridgehead atoms. The lowest BCUT2D eigenvalue weighted by molar-refractivity contribution is -0.139. The first kappa shape index (κ1) is 32.2. The summed E-state index contributed by atoms with van der Waals surface area (Å²) in [4.78, 5) is 28.5. The van der Waals surface area contributed by atoms with Gasteiger partial charge in [-0.2, -0.15) is 0 Å². The van der Waals surface area contributed by atoms with Crippen molar-refractivity contribution < 1.29 is 22.7 Å². The SMILES string of the molecule is CCCCNC(=O)C(C)N(Cc1c(Cl)cccc1Cl)C(=O)CN(c1ccccc1OC)S(=O)(=O)c1ccc(C)cc1. The van der Waals surface area contributed by atoms with E-state index in [0.29, 0.717) is 22.2 Å². The van der Waals surface area contributed by atoms with Gasteiger partial charge in [0.15, 0.2) is 0 Å². The Labute approximate surface area is 252 Å². The fourth-order valence-electron chi connectivity index (χ4n) is 4.16. The molecule has 0 saturated heterocycles. The highest BCUT2D eigenvalue weighted by molar-refractivity contribution is 7.92. The van der Waals surface area contributed by atoms with E-state index in [1.54, 1.807) is 61.5 Å². The summed E-state index contributed by atoms with van der Waals surface area (Å²) in [6.45, 7) is 5.18. The molecule has 0 aromatic heterocycles. The van der Waals surface area contributed by atoms with Crippen LogP contribution in [-0.2, 0) is 26.2 Å². The summed E-state index contributed by atoms with van der Waals surface area (Å²) in [5, 5.41) is 3.49. The summed E-state index contributed by atoms with van der Waals surface area (Å²) in [6.07, 6.45) is 1.66. The average Bonchev–Trinajstić information content (AvgIpc) is 2.95. The van der Waals surface area contributed by atoms with Gasteiger partial charge in [-0.05, 0) is 56.7 Å². The Bertz CT molecular complexity index is 1440. The number of nitrogens with zero attached hydrogens (tertiary/aromatic N) is 2. The number of nitrogens with one attached hydrogen (secondary N) is 1. The zero-order valence-electron chi connectivity index (χ0n) is 23.6. The maximum absolute atomic E-state index is 14.1. The van der Waals surface area contributed by atoms with Crippen LogP contribution in [0.5, 0.6) is 5.75 Å². The van der Waals surface area contributed by atoms with Crippen molar-refractivity contribution in [2.45, 2.75) is 51.1 Å². The maximum atomic E-state index is 14.1. The van der Waals surface area contributed by atoms with Crippen molar-refractivity contribution in [2.24, 2.45) is 0 Å². The summed E-state index contributed by atoms with van der Waals surface area (Å²) in [5.41, 5.74) is 1.51. The summed E-state index contributed by atoms with van der Waals surface area (Å²) in [5.74, 6) is -0.733. The molecule has 220 valence electrons. The van der Waals surface area contributed by atoms with Crippen molar-refractivity contribution in [3.8, 4) is 5.75 Å². The number of halogens is 2. The van der Waals surface area contributed by atoms with Gasteiger partial charge in [-0.1, -0.05) is 72.4 Å². The smallest absolute Gasteiger partial charge is 0.264 e. The molecular weight excluding hydrogens is 585 g/mol. The van der Waals surface area contributed by atoms with Gasteiger partial charge in [0, 0.05) is 28.7 Å². The van der Waals surface area contributed by atoms with Crippen LogP contribution in [0.25, 0.3) is 0 Å². The van der Waals surface area contributed by atoms with Crippen LogP contribution in [0.4, 0.5) is 5.69 Å². The van der Waals surface area contributed by atoms with E-state index in [1.165, 1.54) is 24.1 Å². The van der Waals surface area contributed by atoms with Crippen molar-refractivity contribution in [1.82, 2.24) is 10.2 Å². The van der Waals surface area contributed by atoms with Crippen LogP contribution in [0.3, 0.4) is 0 Å². The second kappa shape index (κ2) is 14.6. The van der Waals surface area contributed by atoms with E-state index in [0.717, 1.165) is 22.7 Å². The Morgan fingerprint density at radius 1 is 0.976 bits per heavy atom. The lowest BCUT2D eigenvalue weighted by Gasteiger charge is -2.32. The van der Waals surface area contributed by atoms with Gasteiger partial charge in [0.1, 0.15) is 18.3 Å². The van der Waals surface area contributed by atoms with Gasteiger partial charge in [0.2, 0.25) is 11.8 Å². The number of rotatable bonds is 13. The number of hydrogen-bond acceptors (Lipinski definition) is 5. The molecule has 41 heavy (non-hydrogen) atoms. The predicted octanol–water partition coefficient (Wildman–Crippen LogP) is 5.84. The quantitative estimate of drug-likeness (QED) is 0.243. The molecule has 0 spiro atoms. The third kappa shape index (κ3) is 7.93. The lowest BCUT2D eigenvalue weighted by Crippen LogP contribution is -2.51. The van der Waals surface area contributed by atoms with Crippen molar-refractivity contribution in [3.05, 3.63) is 87.9 Å². The molecule has 0 aliphatic rings. The monoisotopic (exact) mass is 619 g/mol. The predicted molar refractivity (Wildman–Crippen MR) is 163 cm³/mol. The van der Waals surface area contributed by atoms with Crippen LogP contribution >= 0.6 is 23.2 Å². The maximum Gasteiger partial charge on any atom is 0.264 e. The van der Waals surface area contributed by atoms with Gasteiger partial charge < -0.3 is 15.0 Å². The Morgan fingerprint density at radius 3 is 2.22 bits per heavy atom. The number of benzene rings is 3. The van der Waals surface area contributed by atoms with E-state index in [1.807, 2.05) is 13.8 Å². The standard InChI is InChI=1S/C30H35Cl2N3O5S/c1-5-6-18-33-30(37)22(3)34(19-24-25(31)10-9-11-26(24)32)29(36)20-35(27-12-7-8-13-28(27)40-4)41(38,39)23-16-14-21(2)15-17-23/h7-17,22H,5-6,18-20H2,1-4H3,(H,33,37). The van der Waals surface area contributed by atoms with Gasteiger partial charge in [-0.25, -0.2) is 8.42 Å². The molecule has 11 heteroatoms. The van der Waals surface area contributed by atoms with Gasteiger partial charge in [-0.3, -0.25) is 13.9 Å². The minimum atomic E-state index is -4.23. The fraction of sp³-hybridized carbons (Fsp3) is 0.333. The van der Waals surface area contributed by atoms with Gasteiger partial charge >= 0.3 is 0 Å². The summed E-state index contributed by atoms with van der Waals surface area (Å²) in [7, 11) is -2.81. The highest BCUT2D eigenvalue weighted by Crippen LogP contribution is 2.33. The second-order valence-electron chi connectivity index (χ2n) is 9.54. The normalized spacial score (nSPS) is 12.0. The zero-order valence-corrected chi connectivity index (χ0v) is 25.9. The van der Waals surface area contributed by atoms with Crippen molar-refractivity contribution >= 4 is 50.7 Å². The minimum absolute atomic E-state index is 0.00728. The third-order valence-electron chi connectivity index (χ3n) is 6.63. The molecule has 3 aromatic carbocycles. The van der Waals surface area contributed by atoms with Crippen molar-refractivity contribution in [1.29, 1.82) is 0 Å². The molecule has 1 unspecified atom stereocenters. The zero-order chi connectivity index (χ0) is 30.2. The molecule has 3 rings (SSSR count). The van der Waals surface area contributed by atoms with E-state index in [-0.39, 0.29) is 28.8 Å². The van der Waals surface area contributed by atoms with Crippen LogP contribution in [0, 0.1) is 6.92 Å². The van der Waals surface area contributed by atoms with Crippen LogP contribution in [0.1, 0.15) is 37.8 Å². The van der Waals surface area contributed by atoms with Gasteiger partial charge in [0.05, 0.1) is 17.7 Å². The highest BCUT2D eigenvalue weighted by Gasteiger charge is 2.34. The largest absolute Gasteiger partial charge is 0.495 e. The number of amides is 2. The number of carbonyl (C=O) groups excluding carboxylic acids is 2. The average molecular weight is 621 g/mol. The molecule has 1 N–H and O–H groups in total. The van der Waals surface area contributed by atoms with Crippen molar-refractivity contribution in [3.63, 3.8) is 0 Å². The lowest BCUT2D eigenvalue weighted by atomic mass is 10.1. The molecule has 1 atom stereocenters. The van der Waals surface area contributed by atoms with E-state index in [2.05, 4.69) is 5.32 Å². The molecule has 8 nitrogen and oxygen atoms in total. The van der Waals surface area contributed by atoms with Crippen molar-refractivity contribution in [2.75, 3.05) is 24.5 Å². The Kier molecular flexibility index (Phi) is 11.5. The molecule has 0 radical (unpaired) electrons. The van der Waals surface area contributed by atoms with Crippen LogP contribution in [0.15, 0.2) is 71.6 Å². The van der Waals surface area contributed by atoms with Crippen LogP contribution in [-0.4, -0.2) is 51.4 Å². The van der Waals surface area contributed by atoms with Gasteiger partial charge in [-0.15, -0.1) is 0 Å². The van der Waals surface area contributed by atoms with Crippen LogP contribution < -0.4 is 14.4 Å². The summed E-state index contributed by atoms with van der Waals surface area (Å²) >= 11 is 12.9. The number of anilines is 1. The molecule has 0 fully saturated rings. The van der Waals surface area contributed by atoms with Gasteiger partial charge in [0.25, 0.3) is 10.0 Å². The molecule has 0 aliphatic carbocycles. The molecule has 0 heterocycles. The minimum Gasteiger partial charge on any atom is -0.495 e. The molecule has 3 aromatic rings. The third-order valence-corrected chi connectivity index (χ3v) is 9.11. The van der Waals surface area contributed by atoms with E-state index in [9.17, 15) is 18.0 Å². The summed E-state index contributed by atoms with van der Waals surface area (Å²) in [6, 6.07) is 16.9. The number of para-hydroxylation sites is 2. The highest BCUT2D eigenvalue weighted by atomic mass is 35.5. The number of unbranched alkanes of at least 4 members (excludes halogenated alkanes) is 1. The van der Waals surface area contributed by atoms with E-state index in [4.69, 9.17) is 27.9 Å². The molecule has 0 saturated carbocycles. The first-order valence-corrected chi connectivity index (χ1v) is 15.4. The molecule has 0 aliphatic heterocycles. The number of sulfonamides is 1. The number of aryl methyl sites for hydroxylation is 1. The first-order chi connectivity index (χ1) is 19.5. The van der Waals surface area contributed by atoms with E-state index >= 15 is 0 Å². The number of ether oxygens (including phenoxy) is 1. The molecule has 2 amide bonds. The Morgan fingerprint density at radius 2 is 1.61 bits per heavy atom. The Balaban J connectivity index is 2.08. The molecular formula is C30H35Cl2N3O5S. The number of methoxy groups -OCH3 is 1.